The topological polar surface area (TPSA) is 55.3 Å². The second kappa shape index (κ2) is 8.58. The van der Waals surface area contributed by atoms with Gasteiger partial charge in [0.15, 0.2) is 0 Å². The number of hydrogen-bond donors (Lipinski definition) is 0. The lowest BCUT2D eigenvalue weighted by Gasteiger charge is -2.20. The lowest BCUT2D eigenvalue weighted by Crippen LogP contribution is -2.31. The van der Waals surface area contributed by atoms with Crippen molar-refractivity contribution in [2.75, 3.05) is 13.7 Å². The van der Waals surface area contributed by atoms with Crippen LogP contribution in [-0.4, -0.2) is 34.4 Å². The Morgan fingerprint density at radius 2 is 2.00 bits per heavy atom. The van der Waals surface area contributed by atoms with Gasteiger partial charge in [-0.1, -0.05) is 18.2 Å². The fourth-order valence-electron chi connectivity index (χ4n) is 2.59. The molecule has 1 amide bonds. The van der Waals surface area contributed by atoms with Crippen molar-refractivity contribution >= 4 is 17.2 Å². The fourth-order valence-corrected chi connectivity index (χ4v) is 3.38. The number of nitrogens with zero attached hydrogens (tertiary/aromatic N) is 3. The van der Waals surface area contributed by atoms with E-state index in [0.717, 1.165) is 27.7 Å². The summed E-state index contributed by atoms with van der Waals surface area (Å²) in [5.41, 5.74) is 2.70. The number of carbonyl (C=O) groups excluding carboxylic acids is 1. The zero-order chi connectivity index (χ0) is 18.4. The van der Waals surface area contributed by atoms with E-state index in [0.29, 0.717) is 19.5 Å². The average Bonchev–Trinajstić information content (AvgIpc) is 3.15. The van der Waals surface area contributed by atoms with Crippen LogP contribution >= 0.6 is 11.3 Å². The molecule has 0 radical (unpaired) electrons. The van der Waals surface area contributed by atoms with Gasteiger partial charge in [0.1, 0.15) is 10.8 Å². The Balaban J connectivity index is 1.64. The number of ether oxygens (including phenoxy) is 1. The summed E-state index contributed by atoms with van der Waals surface area (Å²) in [5, 5.41) is 2.77. The van der Waals surface area contributed by atoms with Gasteiger partial charge in [-0.3, -0.25) is 9.78 Å². The van der Waals surface area contributed by atoms with Crippen LogP contribution in [0.2, 0.25) is 0 Å². The lowest BCUT2D eigenvalue weighted by atomic mass is 10.2. The maximum Gasteiger partial charge on any atom is 0.228 e. The van der Waals surface area contributed by atoms with Crippen LogP contribution in [0.5, 0.6) is 5.75 Å². The molecule has 0 fully saturated rings. The molecule has 3 rings (SSSR count). The summed E-state index contributed by atoms with van der Waals surface area (Å²) >= 11 is 1.51. The quantitative estimate of drug-likeness (QED) is 0.637. The van der Waals surface area contributed by atoms with Crippen molar-refractivity contribution in [3.8, 4) is 16.5 Å². The van der Waals surface area contributed by atoms with Gasteiger partial charge in [0.25, 0.3) is 0 Å². The number of thiazole rings is 1. The third-order valence-electron chi connectivity index (χ3n) is 4.04. The SMILES string of the molecule is CCN(Cc1ccc(OC)cc1)C(=O)Cc1csc(-c2ccccn2)n1. The summed E-state index contributed by atoms with van der Waals surface area (Å²) in [6.07, 6.45) is 2.04. The maximum absolute atomic E-state index is 12.7. The van der Waals surface area contributed by atoms with Gasteiger partial charge in [-0.2, -0.15) is 0 Å². The van der Waals surface area contributed by atoms with Crippen molar-refractivity contribution in [1.29, 1.82) is 0 Å². The molecule has 3 aromatic rings. The van der Waals surface area contributed by atoms with Crippen molar-refractivity contribution in [3.63, 3.8) is 0 Å². The minimum atomic E-state index is 0.0705. The first-order valence-corrected chi connectivity index (χ1v) is 9.34. The van der Waals surface area contributed by atoms with Crippen LogP contribution in [0.25, 0.3) is 10.7 Å². The average molecular weight is 367 g/mol. The Hall–Kier alpha value is -2.73. The summed E-state index contributed by atoms with van der Waals surface area (Å²) < 4.78 is 5.17. The Morgan fingerprint density at radius 3 is 2.65 bits per heavy atom. The van der Waals surface area contributed by atoms with Gasteiger partial charge >= 0.3 is 0 Å². The van der Waals surface area contributed by atoms with E-state index < -0.39 is 0 Å². The normalized spacial score (nSPS) is 10.5. The molecule has 26 heavy (non-hydrogen) atoms. The number of rotatable bonds is 7. The monoisotopic (exact) mass is 367 g/mol. The highest BCUT2D eigenvalue weighted by atomic mass is 32.1. The number of methoxy groups -OCH3 is 1. The Bertz CT molecular complexity index is 847. The van der Waals surface area contributed by atoms with Gasteiger partial charge in [0, 0.05) is 24.7 Å². The molecule has 0 atom stereocenters. The summed E-state index contributed by atoms with van der Waals surface area (Å²) in [4.78, 5) is 23.4. The van der Waals surface area contributed by atoms with Crippen LogP contribution in [0.15, 0.2) is 54.0 Å². The second-order valence-electron chi connectivity index (χ2n) is 5.79. The standard InChI is InChI=1S/C20H21N3O2S/c1-3-23(13-15-7-9-17(25-2)10-8-15)19(24)12-16-14-26-20(22-16)18-6-4-5-11-21-18/h4-11,14H,3,12-13H2,1-2H3. The van der Waals surface area contributed by atoms with Gasteiger partial charge in [0.2, 0.25) is 5.91 Å². The number of pyridine rings is 1. The third kappa shape index (κ3) is 4.46. The molecule has 6 heteroatoms. The van der Waals surface area contributed by atoms with Crippen molar-refractivity contribution in [1.82, 2.24) is 14.9 Å². The molecular weight excluding hydrogens is 346 g/mol. The van der Waals surface area contributed by atoms with E-state index in [1.54, 1.807) is 13.3 Å². The van der Waals surface area contributed by atoms with E-state index in [-0.39, 0.29) is 5.91 Å². The predicted octanol–water partition coefficient (Wildman–Crippen LogP) is 3.80. The lowest BCUT2D eigenvalue weighted by molar-refractivity contribution is -0.130. The molecule has 0 aliphatic carbocycles. The first kappa shape index (κ1) is 18.1. The molecule has 0 unspecified atom stereocenters. The van der Waals surface area contributed by atoms with Gasteiger partial charge < -0.3 is 9.64 Å². The van der Waals surface area contributed by atoms with Gasteiger partial charge in [-0.15, -0.1) is 11.3 Å². The molecule has 2 aromatic heterocycles. The molecule has 0 aliphatic heterocycles. The van der Waals surface area contributed by atoms with Gasteiger partial charge in [-0.05, 0) is 36.8 Å². The highest BCUT2D eigenvalue weighted by Gasteiger charge is 2.15. The molecule has 0 N–H and O–H groups in total. The van der Waals surface area contributed by atoms with E-state index >= 15 is 0 Å². The van der Waals surface area contributed by atoms with E-state index in [9.17, 15) is 4.79 Å². The van der Waals surface area contributed by atoms with E-state index in [1.165, 1.54) is 11.3 Å². The molecule has 0 saturated heterocycles. The van der Waals surface area contributed by atoms with Crippen molar-refractivity contribution in [2.45, 2.75) is 19.9 Å². The number of benzene rings is 1. The third-order valence-corrected chi connectivity index (χ3v) is 4.95. The van der Waals surface area contributed by atoms with Crippen LogP contribution in [0, 0.1) is 0 Å². The number of likely N-dealkylation sites (N-methyl/N-ethyl adjacent to an activating group) is 1. The molecule has 0 aliphatic rings. The van der Waals surface area contributed by atoms with E-state index in [1.807, 2.05) is 59.7 Å². The van der Waals surface area contributed by atoms with Crippen molar-refractivity contribution < 1.29 is 9.53 Å². The van der Waals surface area contributed by atoms with Gasteiger partial charge in [0.05, 0.1) is 24.9 Å². The molecule has 0 bridgehead atoms. The summed E-state index contributed by atoms with van der Waals surface area (Å²) in [5.74, 6) is 0.883. The largest absolute Gasteiger partial charge is 0.497 e. The minimum Gasteiger partial charge on any atom is -0.497 e. The van der Waals surface area contributed by atoms with Crippen LogP contribution in [0.3, 0.4) is 0 Å². The number of aromatic nitrogens is 2. The van der Waals surface area contributed by atoms with Crippen LogP contribution < -0.4 is 4.74 Å². The van der Waals surface area contributed by atoms with Crippen molar-refractivity contribution in [3.05, 3.63) is 65.3 Å². The fraction of sp³-hybridized carbons (Fsp3) is 0.250. The predicted molar refractivity (Wildman–Crippen MR) is 103 cm³/mol. The molecular formula is C20H21N3O2S. The van der Waals surface area contributed by atoms with Gasteiger partial charge in [-0.25, -0.2) is 4.98 Å². The molecule has 1 aromatic carbocycles. The summed E-state index contributed by atoms with van der Waals surface area (Å²) in [6, 6.07) is 13.5. The summed E-state index contributed by atoms with van der Waals surface area (Å²) in [6.45, 7) is 3.22. The van der Waals surface area contributed by atoms with E-state index in [2.05, 4.69) is 9.97 Å². The van der Waals surface area contributed by atoms with Crippen LogP contribution in [0.1, 0.15) is 18.2 Å². The van der Waals surface area contributed by atoms with Crippen LogP contribution in [-0.2, 0) is 17.8 Å². The smallest absolute Gasteiger partial charge is 0.228 e. The van der Waals surface area contributed by atoms with Crippen molar-refractivity contribution in [2.24, 2.45) is 0 Å². The molecule has 2 heterocycles. The summed E-state index contributed by atoms with van der Waals surface area (Å²) in [7, 11) is 1.64. The number of hydrogen-bond acceptors (Lipinski definition) is 5. The van der Waals surface area contributed by atoms with E-state index in [4.69, 9.17) is 4.74 Å². The Morgan fingerprint density at radius 1 is 1.19 bits per heavy atom. The zero-order valence-electron chi connectivity index (χ0n) is 14.9. The molecule has 5 nitrogen and oxygen atoms in total. The first-order valence-electron chi connectivity index (χ1n) is 8.46. The highest BCUT2D eigenvalue weighted by Crippen LogP contribution is 2.22. The highest BCUT2D eigenvalue weighted by molar-refractivity contribution is 7.13. The first-order chi connectivity index (χ1) is 12.7. The number of amides is 1. The maximum atomic E-state index is 12.7. The molecule has 134 valence electrons. The Labute approximate surface area is 157 Å². The minimum absolute atomic E-state index is 0.0705. The Kier molecular flexibility index (Phi) is 5.96. The number of carbonyl (C=O) groups is 1. The zero-order valence-corrected chi connectivity index (χ0v) is 15.7. The van der Waals surface area contributed by atoms with Crippen LogP contribution in [0.4, 0.5) is 0 Å². The second-order valence-corrected chi connectivity index (χ2v) is 6.65. The molecule has 0 spiro atoms. The molecule has 0 saturated carbocycles.